The Morgan fingerprint density at radius 2 is 1.79 bits per heavy atom. The number of amides is 1. The summed E-state index contributed by atoms with van der Waals surface area (Å²) >= 11 is 1.18. The van der Waals surface area contributed by atoms with Gasteiger partial charge in [-0.2, -0.15) is 0 Å². The molecule has 1 N–H and O–H groups in total. The Balaban J connectivity index is 2.33. The van der Waals surface area contributed by atoms with Crippen LogP contribution in [-0.2, 0) is 0 Å². The van der Waals surface area contributed by atoms with Gasteiger partial charge in [0.2, 0.25) is 0 Å². The lowest BCUT2D eigenvalue weighted by atomic mass is 10.2. The zero-order chi connectivity index (χ0) is 17.7. The fourth-order valence-electron chi connectivity index (χ4n) is 2.23. The van der Waals surface area contributed by atoms with Gasteiger partial charge in [0.25, 0.3) is 11.6 Å². The number of hydrogen-bond donors (Lipinski definition) is 1. The van der Waals surface area contributed by atoms with Crippen molar-refractivity contribution in [3.63, 3.8) is 0 Å². The van der Waals surface area contributed by atoms with Gasteiger partial charge in [0.05, 0.1) is 21.5 Å². The van der Waals surface area contributed by atoms with E-state index in [2.05, 4.69) is 0 Å². The molecule has 24 heavy (non-hydrogen) atoms. The number of rotatable bonds is 6. The van der Waals surface area contributed by atoms with E-state index in [0.717, 1.165) is 0 Å². The second-order valence-electron chi connectivity index (χ2n) is 5.36. The van der Waals surface area contributed by atoms with Crippen LogP contribution in [0.25, 0.3) is 0 Å². The van der Waals surface area contributed by atoms with E-state index in [-0.39, 0.29) is 18.1 Å². The number of benzene rings is 2. The summed E-state index contributed by atoms with van der Waals surface area (Å²) < 4.78 is 0. The molecule has 0 aromatic heterocycles. The smallest absolute Gasteiger partial charge is 0.283 e. The molecule has 0 saturated heterocycles. The average Bonchev–Trinajstić information content (AvgIpc) is 2.54. The second-order valence-corrected chi connectivity index (χ2v) is 6.44. The molecule has 2 aromatic rings. The van der Waals surface area contributed by atoms with Gasteiger partial charge < -0.3 is 10.0 Å². The van der Waals surface area contributed by atoms with Gasteiger partial charge in [0.1, 0.15) is 0 Å². The Labute approximate surface area is 144 Å². The van der Waals surface area contributed by atoms with Crippen LogP contribution in [0.3, 0.4) is 0 Å². The first-order valence-electron chi connectivity index (χ1n) is 7.34. The number of nitro benzene ring substituents is 1. The van der Waals surface area contributed by atoms with Crippen molar-refractivity contribution in [3.8, 4) is 0 Å². The van der Waals surface area contributed by atoms with E-state index in [9.17, 15) is 20.0 Å². The molecule has 1 atom stereocenters. The van der Waals surface area contributed by atoms with Gasteiger partial charge in [-0.15, -0.1) is 0 Å². The molecule has 0 radical (unpaired) electrons. The van der Waals surface area contributed by atoms with Crippen molar-refractivity contribution in [1.82, 2.24) is 4.90 Å². The first kappa shape index (κ1) is 18.0. The molecule has 0 aliphatic heterocycles. The summed E-state index contributed by atoms with van der Waals surface area (Å²) in [5, 5.41) is 20.6. The molecule has 126 valence electrons. The van der Waals surface area contributed by atoms with E-state index in [4.69, 9.17) is 0 Å². The fraction of sp³-hybridized carbons (Fsp3) is 0.235. The predicted octanol–water partition coefficient (Wildman–Crippen LogP) is 3.20. The van der Waals surface area contributed by atoms with E-state index in [1.165, 1.54) is 22.7 Å². The Bertz CT molecular complexity index is 749. The summed E-state index contributed by atoms with van der Waals surface area (Å²) in [7, 11) is 1.61. The molecular weight excluding hydrogens is 328 g/mol. The number of likely N-dealkylation sites (N-methyl/N-ethyl adjacent to an activating group) is 1. The number of carbonyl (C=O) groups excluding carboxylic acids is 1. The molecule has 0 aliphatic rings. The minimum atomic E-state index is -0.631. The molecule has 0 saturated carbocycles. The van der Waals surface area contributed by atoms with Crippen molar-refractivity contribution in [2.45, 2.75) is 22.8 Å². The van der Waals surface area contributed by atoms with Crippen LogP contribution in [0.4, 0.5) is 5.69 Å². The van der Waals surface area contributed by atoms with E-state index >= 15 is 0 Å². The van der Waals surface area contributed by atoms with Gasteiger partial charge in [-0.1, -0.05) is 36.0 Å². The summed E-state index contributed by atoms with van der Waals surface area (Å²) in [4.78, 5) is 25.8. The number of aliphatic hydroxyl groups excluding tert-OH is 1. The third-order valence-electron chi connectivity index (χ3n) is 3.28. The van der Waals surface area contributed by atoms with Gasteiger partial charge in [-0.25, -0.2) is 0 Å². The maximum Gasteiger partial charge on any atom is 0.283 e. The standard InChI is InChI=1S/C17H18N2O4S/c1-12(20)11-18(2)17(21)13-7-3-5-9-15(13)24-16-10-6-4-8-14(16)19(22)23/h3-10,12,20H,11H2,1-2H3/t12-/m0/s1. The lowest BCUT2D eigenvalue weighted by Gasteiger charge is -2.20. The van der Waals surface area contributed by atoms with Crippen LogP contribution >= 0.6 is 11.8 Å². The van der Waals surface area contributed by atoms with Crippen molar-refractivity contribution in [1.29, 1.82) is 0 Å². The monoisotopic (exact) mass is 346 g/mol. The van der Waals surface area contributed by atoms with Gasteiger partial charge in [-0.05, 0) is 25.1 Å². The molecule has 6 nitrogen and oxygen atoms in total. The van der Waals surface area contributed by atoms with Crippen molar-refractivity contribution in [3.05, 3.63) is 64.2 Å². The highest BCUT2D eigenvalue weighted by molar-refractivity contribution is 7.99. The van der Waals surface area contributed by atoms with Crippen molar-refractivity contribution >= 4 is 23.4 Å². The first-order chi connectivity index (χ1) is 11.4. The third kappa shape index (κ3) is 4.33. The molecule has 0 fully saturated rings. The van der Waals surface area contributed by atoms with Gasteiger partial charge in [0, 0.05) is 24.6 Å². The maximum absolute atomic E-state index is 12.6. The highest BCUT2D eigenvalue weighted by Gasteiger charge is 2.20. The van der Waals surface area contributed by atoms with Crippen LogP contribution in [0.2, 0.25) is 0 Å². The van der Waals surface area contributed by atoms with E-state index in [1.807, 2.05) is 0 Å². The summed E-state index contributed by atoms with van der Waals surface area (Å²) in [5.41, 5.74) is 0.450. The number of para-hydroxylation sites is 1. The number of aliphatic hydroxyl groups is 1. The number of carbonyl (C=O) groups is 1. The first-order valence-corrected chi connectivity index (χ1v) is 8.15. The Hall–Kier alpha value is -2.38. The van der Waals surface area contributed by atoms with Gasteiger partial charge >= 0.3 is 0 Å². The molecule has 2 rings (SSSR count). The van der Waals surface area contributed by atoms with Crippen LogP contribution in [0.5, 0.6) is 0 Å². The van der Waals surface area contributed by atoms with Gasteiger partial charge in [-0.3, -0.25) is 14.9 Å². The van der Waals surface area contributed by atoms with Crippen LogP contribution in [0, 0.1) is 10.1 Å². The third-order valence-corrected chi connectivity index (χ3v) is 4.43. The van der Waals surface area contributed by atoms with E-state index in [1.54, 1.807) is 56.4 Å². The molecule has 1 amide bonds. The lowest BCUT2D eigenvalue weighted by molar-refractivity contribution is -0.387. The molecule has 0 aliphatic carbocycles. The Morgan fingerprint density at radius 3 is 2.42 bits per heavy atom. The average molecular weight is 346 g/mol. The van der Waals surface area contributed by atoms with Crippen molar-refractivity contribution in [2.24, 2.45) is 0 Å². The van der Waals surface area contributed by atoms with Crippen LogP contribution in [0.15, 0.2) is 58.3 Å². The molecule has 0 heterocycles. The normalized spacial score (nSPS) is 11.8. The van der Waals surface area contributed by atoms with Crippen LogP contribution in [0.1, 0.15) is 17.3 Å². The number of nitrogens with zero attached hydrogens (tertiary/aromatic N) is 2. The minimum Gasteiger partial charge on any atom is -0.392 e. The fourth-order valence-corrected chi connectivity index (χ4v) is 3.27. The SMILES string of the molecule is C[C@H](O)CN(C)C(=O)c1ccccc1Sc1ccccc1[N+](=O)[O-]. The van der Waals surface area contributed by atoms with Crippen molar-refractivity contribution in [2.75, 3.05) is 13.6 Å². The largest absolute Gasteiger partial charge is 0.392 e. The zero-order valence-corrected chi connectivity index (χ0v) is 14.2. The molecule has 0 unspecified atom stereocenters. The molecule has 2 aromatic carbocycles. The predicted molar refractivity (Wildman–Crippen MR) is 92.3 cm³/mol. The summed E-state index contributed by atoms with van der Waals surface area (Å²) in [5.74, 6) is -0.238. The minimum absolute atomic E-state index is 0.00193. The molecule has 0 spiro atoms. The maximum atomic E-state index is 12.6. The van der Waals surface area contributed by atoms with Crippen LogP contribution < -0.4 is 0 Å². The van der Waals surface area contributed by atoms with E-state index in [0.29, 0.717) is 15.4 Å². The molecule has 0 bridgehead atoms. The lowest BCUT2D eigenvalue weighted by Crippen LogP contribution is -2.33. The second kappa shape index (κ2) is 7.94. The van der Waals surface area contributed by atoms with Crippen molar-refractivity contribution < 1.29 is 14.8 Å². The summed E-state index contributed by atoms with van der Waals surface area (Å²) in [6, 6.07) is 13.4. The zero-order valence-electron chi connectivity index (χ0n) is 13.4. The number of nitro groups is 1. The van der Waals surface area contributed by atoms with E-state index < -0.39 is 11.0 Å². The summed E-state index contributed by atoms with van der Waals surface area (Å²) in [6.07, 6.45) is -0.631. The topological polar surface area (TPSA) is 83.7 Å². The Morgan fingerprint density at radius 1 is 1.21 bits per heavy atom. The highest BCUT2D eigenvalue weighted by atomic mass is 32.2. The van der Waals surface area contributed by atoms with Gasteiger partial charge in [0.15, 0.2) is 0 Å². The molecule has 7 heteroatoms. The quantitative estimate of drug-likeness (QED) is 0.641. The molecular formula is C17H18N2O4S. The summed E-state index contributed by atoms with van der Waals surface area (Å²) in [6.45, 7) is 1.82. The Kier molecular flexibility index (Phi) is 5.94. The number of hydrogen-bond acceptors (Lipinski definition) is 5. The van der Waals surface area contributed by atoms with Crippen LogP contribution in [-0.4, -0.2) is 40.5 Å². The highest BCUT2D eigenvalue weighted by Crippen LogP contribution is 2.36.